The first kappa shape index (κ1) is 16.6. The summed E-state index contributed by atoms with van der Waals surface area (Å²) >= 11 is 3.41. The number of nitrogens with zero attached hydrogens (tertiary/aromatic N) is 2. The summed E-state index contributed by atoms with van der Waals surface area (Å²) in [6.45, 7) is 3.89. The molecule has 0 saturated carbocycles. The van der Waals surface area contributed by atoms with Crippen LogP contribution in [0.25, 0.3) is 33.3 Å². The van der Waals surface area contributed by atoms with Crippen molar-refractivity contribution in [2.45, 2.75) is 13.8 Å². The topological polar surface area (TPSA) is 59.2 Å². The van der Waals surface area contributed by atoms with Gasteiger partial charge in [-0.2, -0.15) is 0 Å². The minimum Gasteiger partial charge on any atom is -0.437 e. The summed E-state index contributed by atoms with van der Waals surface area (Å²) in [6, 6.07) is 14.1. The summed E-state index contributed by atoms with van der Waals surface area (Å²) in [5.74, 6) is 0. The third kappa shape index (κ3) is 3.18. The van der Waals surface area contributed by atoms with Gasteiger partial charge in [-0.15, -0.1) is 0 Å². The van der Waals surface area contributed by atoms with Crippen LogP contribution in [0.3, 0.4) is 0 Å². The molecule has 0 radical (unpaired) electrons. The molecule has 0 unspecified atom stereocenters. The number of halogens is 1. The smallest absolute Gasteiger partial charge is 0.227 e. The van der Waals surface area contributed by atoms with Crippen LogP contribution in [0.1, 0.15) is 12.6 Å². The Hall–Kier alpha value is -2.24. The number of furan rings is 1. The molecule has 0 atom stereocenters. The van der Waals surface area contributed by atoms with E-state index in [-0.39, 0.29) is 6.61 Å². The van der Waals surface area contributed by atoms with Crippen LogP contribution in [-0.2, 0) is 0 Å². The highest BCUT2D eigenvalue weighted by molar-refractivity contribution is 9.10. The van der Waals surface area contributed by atoms with Crippen molar-refractivity contribution in [3.63, 3.8) is 0 Å². The van der Waals surface area contributed by atoms with E-state index in [2.05, 4.69) is 38.0 Å². The SMILES string of the molecule is CCO.Cc1ccc2c(n1)oc1c(-c3ccc(Br)cn3)cccc12. The average molecular weight is 385 g/mol. The highest BCUT2D eigenvalue weighted by Crippen LogP contribution is 2.34. The third-order valence-electron chi connectivity index (χ3n) is 3.51. The van der Waals surface area contributed by atoms with Crippen LogP contribution < -0.4 is 0 Å². The highest BCUT2D eigenvalue weighted by Gasteiger charge is 2.13. The lowest BCUT2D eigenvalue weighted by Gasteiger charge is -2.01. The van der Waals surface area contributed by atoms with Gasteiger partial charge in [0, 0.05) is 39.3 Å². The largest absolute Gasteiger partial charge is 0.437 e. The zero-order valence-electron chi connectivity index (χ0n) is 13.5. The second-order valence-electron chi connectivity index (χ2n) is 5.27. The van der Waals surface area contributed by atoms with E-state index < -0.39 is 0 Å². The van der Waals surface area contributed by atoms with Gasteiger partial charge in [-0.1, -0.05) is 12.1 Å². The van der Waals surface area contributed by atoms with E-state index in [0.29, 0.717) is 5.71 Å². The molecular formula is C19H17BrN2O2. The van der Waals surface area contributed by atoms with Gasteiger partial charge in [0.2, 0.25) is 5.71 Å². The van der Waals surface area contributed by atoms with E-state index in [0.717, 1.165) is 37.8 Å². The Kier molecular flexibility index (Phi) is 4.92. The van der Waals surface area contributed by atoms with Crippen molar-refractivity contribution in [1.29, 1.82) is 0 Å². The lowest BCUT2D eigenvalue weighted by molar-refractivity contribution is 0.318. The van der Waals surface area contributed by atoms with Crippen LogP contribution >= 0.6 is 15.9 Å². The predicted molar refractivity (Wildman–Crippen MR) is 99.9 cm³/mol. The number of aromatic nitrogens is 2. The molecule has 5 heteroatoms. The van der Waals surface area contributed by atoms with Crippen LogP contribution in [0.15, 0.2) is 57.6 Å². The Morgan fingerprint density at radius 2 is 1.88 bits per heavy atom. The molecule has 0 spiro atoms. The Morgan fingerprint density at radius 1 is 1.08 bits per heavy atom. The van der Waals surface area contributed by atoms with E-state index in [1.165, 1.54) is 0 Å². The predicted octanol–water partition coefficient (Wildman–Crippen LogP) is 5.11. The van der Waals surface area contributed by atoms with Gasteiger partial charge in [-0.3, -0.25) is 4.98 Å². The number of para-hydroxylation sites is 1. The standard InChI is InChI=1S/C17H11BrN2O.C2H6O/c1-10-5-7-13-12-3-2-4-14(16(12)21-17(13)20-10)15-8-6-11(18)9-19-15;1-2-3/h2-9H,1H3;3H,2H2,1H3. The zero-order valence-corrected chi connectivity index (χ0v) is 15.0. The Balaban J connectivity index is 0.000000526. The first-order chi connectivity index (χ1) is 11.6. The highest BCUT2D eigenvalue weighted by atomic mass is 79.9. The van der Waals surface area contributed by atoms with Gasteiger partial charge in [0.25, 0.3) is 0 Å². The number of pyridine rings is 2. The first-order valence-corrected chi connectivity index (χ1v) is 8.45. The fourth-order valence-corrected chi connectivity index (χ4v) is 2.74. The Bertz CT molecular complexity index is 978. The van der Waals surface area contributed by atoms with E-state index >= 15 is 0 Å². The number of fused-ring (bicyclic) bond motifs is 3. The molecule has 4 rings (SSSR count). The van der Waals surface area contributed by atoms with Crippen LogP contribution in [0, 0.1) is 6.92 Å². The number of aliphatic hydroxyl groups excluding tert-OH is 1. The van der Waals surface area contributed by atoms with Crippen LogP contribution in [0.5, 0.6) is 0 Å². The van der Waals surface area contributed by atoms with Crippen molar-refractivity contribution in [3.8, 4) is 11.3 Å². The lowest BCUT2D eigenvalue weighted by Crippen LogP contribution is -1.83. The summed E-state index contributed by atoms with van der Waals surface area (Å²) in [5, 5.41) is 9.68. The second kappa shape index (κ2) is 7.11. The molecule has 122 valence electrons. The number of rotatable bonds is 1. The Morgan fingerprint density at radius 3 is 2.58 bits per heavy atom. The molecule has 3 heterocycles. The molecule has 0 aliphatic heterocycles. The van der Waals surface area contributed by atoms with Crippen molar-refractivity contribution in [1.82, 2.24) is 9.97 Å². The van der Waals surface area contributed by atoms with E-state index in [4.69, 9.17) is 9.52 Å². The van der Waals surface area contributed by atoms with Crippen molar-refractivity contribution < 1.29 is 9.52 Å². The summed E-state index contributed by atoms with van der Waals surface area (Å²) in [6.07, 6.45) is 1.79. The molecule has 0 saturated heterocycles. The van der Waals surface area contributed by atoms with Gasteiger partial charge in [0.1, 0.15) is 5.58 Å². The van der Waals surface area contributed by atoms with E-state index in [1.54, 1.807) is 13.1 Å². The quantitative estimate of drug-likeness (QED) is 0.495. The molecule has 0 aliphatic carbocycles. The van der Waals surface area contributed by atoms with Crippen molar-refractivity contribution >= 4 is 38.0 Å². The second-order valence-corrected chi connectivity index (χ2v) is 6.18. The third-order valence-corrected chi connectivity index (χ3v) is 3.98. The molecule has 0 aliphatic rings. The Labute approximate surface area is 148 Å². The summed E-state index contributed by atoms with van der Waals surface area (Å²) in [4.78, 5) is 8.93. The maximum atomic E-state index is 7.57. The lowest BCUT2D eigenvalue weighted by atomic mass is 10.1. The molecule has 3 aromatic heterocycles. The number of hydrogen-bond donors (Lipinski definition) is 1. The van der Waals surface area contributed by atoms with E-state index in [1.807, 2.05) is 37.3 Å². The van der Waals surface area contributed by atoms with Gasteiger partial charge in [0.05, 0.1) is 5.69 Å². The zero-order chi connectivity index (χ0) is 17.1. The molecule has 24 heavy (non-hydrogen) atoms. The fourth-order valence-electron chi connectivity index (χ4n) is 2.51. The monoisotopic (exact) mass is 384 g/mol. The summed E-state index contributed by atoms with van der Waals surface area (Å²) in [5.41, 5.74) is 4.33. The first-order valence-electron chi connectivity index (χ1n) is 7.65. The normalized spacial score (nSPS) is 10.7. The van der Waals surface area contributed by atoms with Gasteiger partial charge >= 0.3 is 0 Å². The van der Waals surface area contributed by atoms with Gasteiger partial charge in [-0.05, 0) is 60.1 Å². The maximum Gasteiger partial charge on any atom is 0.227 e. The van der Waals surface area contributed by atoms with Crippen molar-refractivity contribution in [2.24, 2.45) is 0 Å². The molecule has 0 bridgehead atoms. The van der Waals surface area contributed by atoms with Gasteiger partial charge in [0.15, 0.2) is 0 Å². The molecule has 0 amide bonds. The number of aliphatic hydroxyl groups is 1. The minimum atomic E-state index is 0.250. The van der Waals surface area contributed by atoms with Crippen molar-refractivity contribution in [3.05, 3.63) is 58.8 Å². The van der Waals surface area contributed by atoms with Crippen LogP contribution in [-0.4, -0.2) is 21.7 Å². The molecule has 1 aromatic carbocycles. The van der Waals surface area contributed by atoms with Gasteiger partial charge in [-0.25, -0.2) is 4.98 Å². The molecule has 1 N–H and O–H groups in total. The minimum absolute atomic E-state index is 0.250. The number of hydrogen-bond acceptors (Lipinski definition) is 4. The summed E-state index contributed by atoms with van der Waals surface area (Å²) < 4.78 is 6.94. The molecule has 4 nitrogen and oxygen atoms in total. The number of benzene rings is 1. The van der Waals surface area contributed by atoms with Crippen LogP contribution in [0.4, 0.5) is 0 Å². The molecule has 0 fully saturated rings. The molecule has 4 aromatic rings. The average Bonchev–Trinajstić information content (AvgIpc) is 2.94. The van der Waals surface area contributed by atoms with Gasteiger partial charge < -0.3 is 9.52 Å². The number of aryl methyl sites for hydroxylation is 1. The van der Waals surface area contributed by atoms with Crippen LogP contribution in [0.2, 0.25) is 0 Å². The van der Waals surface area contributed by atoms with E-state index in [9.17, 15) is 0 Å². The van der Waals surface area contributed by atoms with Crippen molar-refractivity contribution in [2.75, 3.05) is 6.61 Å². The molecular weight excluding hydrogens is 368 g/mol. The maximum absolute atomic E-state index is 7.57. The summed E-state index contributed by atoms with van der Waals surface area (Å²) in [7, 11) is 0. The fraction of sp³-hybridized carbons (Fsp3) is 0.158.